The average Bonchev–Trinajstić information content (AvgIpc) is 2.68. The molecule has 0 aliphatic carbocycles. The number of benzene rings is 2. The molecule has 28 heavy (non-hydrogen) atoms. The maximum absolute atomic E-state index is 12.4. The molecule has 0 saturated carbocycles. The number of nitrogens with one attached hydrogen (secondary N) is 1. The standard InChI is InChI=1S/C19H19ClN4O3S/c1-13-3-2-4-14(11-13)18(25)21-19(28)23-9-7-22(8-10-23)17-6-5-15(24(26)27)12-16(17)20/h2-6,11-12H,7-10H2,1H3,(H,21,25,28). The van der Waals surface area contributed by atoms with E-state index in [4.69, 9.17) is 23.8 Å². The van der Waals surface area contributed by atoms with Crippen LogP contribution in [0.4, 0.5) is 11.4 Å². The number of nitrogens with zero attached hydrogens (tertiary/aromatic N) is 3. The van der Waals surface area contributed by atoms with Crippen molar-refractivity contribution in [2.75, 3.05) is 31.1 Å². The van der Waals surface area contributed by atoms with Crippen molar-refractivity contribution in [2.24, 2.45) is 0 Å². The minimum atomic E-state index is -0.469. The number of non-ortho nitro benzene ring substituents is 1. The molecule has 0 aromatic heterocycles. The molecule has 9 heteroatoms. The molecule has 0 atom stereocenters. The number of halogens is 1. The van der Waals surface area contributed by atoms with Crippen molar-refractivity contribution in [3.8, 4) is 0 Å². The lowest BCUT2D eigenvalue weighted by molar-refractivity contribution is -0.384. The van der Waals surface area contributed by atoms with Crippen molar-refractivity contribution in [1.82, 2.24) is 10.2 Å². The Bertz CT molecular complexity index is 929. The molecule has 1 amide bonds. The predicted octanol–water partition coefficient (Wildman–Crippen LogP) is 3.39. The van der Waals surface area contributed by atoms with Gasteiger partial charge in [-0.1, -0.05) is 29.3 Å². The van der Waals surface area contributed by atoms with Crippen LogP contribution in [0.2, 0.25) is 5.02 Å². The number of anilines is 1. The Hall–Kier alpha value is -2.71. The lowest BCUT2D eigenvalue weighted by atomic mass is 10.1. The normalized spacial score (nSPS) is 13.9. The number of carbonyl (C=O) groups is 1. The van der Waals surface area contributed by atoms with Gasteiger partial charge in [0.1, 0.15) is 0 Å². The second kappa shape index (κ2) is 8.53. The van der Waals surface area contributed by atoms with Crippen molar-refractivity contribution >= 4 is 46.2 Å². The highest BCUT2D eigenvalue weighted by Gasteiger charge is 2.22. The summed E-state index contributed by atoms with van der Waals surface area (Å²) >= 11 is 11.6. The Labute approximate surface area is 173 Å². The zero-order valence-electron chi connectivity index (χ0n) is 15.2. The van der Waals surface area contributed by atoms with Crippen LogP contribution in [0.1, 0.15) is 15.9 Å². The van der Waals surface area contributed by atoms with Gasteiger partial charge in [-0.05, 0) is 37.3 Å². The molecule has 0 spiro atoms. The van der Waals surface area contributed by atoms with E-state index < -0.39 is 4.92 Å². The molecule has 2 aromatic rings. The number of thiocarbonyl (C=S) groups is 1. The third kappa shape index (κ3) is 4.58. The van der Waals surface area contributed by atoms with E-state index in [2.05, 4.69) is 5.32 Å². The lowest BCUT2D eigenvalue weighted by Crippen LogP contribution is -2.52. The molecule has 1 heterocycles. The number of aryl methyl sites for hydroxylation is 1. The molecule has 0 radical (unpaired) electrons. The zero-order chi connectivity index (χ0) is 20.3. The summed E-state index contributed by atoms with van der Waals surface area (Å²) in [6.45, 7) is 4.42. The van der Waals surface area contributed by atoms with Crippen LogP contribution < -0.4 is 10.2 Å². The highest BCUT2D eigenvalue weighted by molar-refractivity contribution is 7.80. The highest BCUT2D eigenvalue weighted by atomic mass is 35.5. The predicted molar refractivity (Wildman–Crippen MR) is 113 cm³/mol. The molecule has 3 rings (SSSR count). The number of nitro benzene ring substituents is 1. The van der Waals surface area contributed by atoms with E-state index >= 15 is 0 Å². The van der Waals surface area contributed by atoms with E-state index in [1.54, 1.807) is 12.1 Å². The molecule has 2 aromatic carbocycles. The molecular formula is C19H19ClN4O3S. The second-order valence-electron chi connectivity index (χ2n) is 6.50. The fourth-order valence-corrected chi connectivity index (χ4v) is 3.62. The first-order valence-electron chi connectivity index (χ1n) is 8.71. The summed E-state index contributed by atoms with van der Waals surface area (Å²) in [7, 11) is 0. The molecule has 0 bridgehead atoms. The number of hydrogen-bond acceptors (Lipinski definition) is 5. The third-order valence-corrected chi connectivity index (χ3v) is 5.21. The van der Waals surface area contributed by atoms with E-state index in [-0.39, 0.29) is 11.6 Å². The Morgan fingerprint density at radius 2 is 1.89 bits per heavy atom. The van der Waals surface area contributed by atoms with Crippen LogP contribution >= 0.6 is 23.8 Å². The number of amides is 1. The highest BCUT2D eigenvalue weighted by Crippen LogP contribution is 2.30. The van der Waals surface area contributed by atoms with Gasteiger partial charge in [0.25, 0.3) is 11.6 Å². The van der Waals surface area contributed by atoms with Gasteiger partial charge in [0.15, 0.2) is 5.11 Å². The summed E-state index contributed by atoms with van der Waals surface area (Å²) in [5.74, 6) is -0.227. The van der Waals surface area contributed by atoms with Gasteiger partial charge in [-0.25, -0.2) is 0 Å². The molecule has 0 unspecified atom stereocenters. The maximum atomic E-state index is 12.4. The van der Waals surface area contributed by atoms with Crippen LogP contribution in [0.5, 0.6) is 0 Å². The number of rotatable bonds is 3. The van der Waals surface area contributed by atoms with Gasteiger partial charge in [-0.15, -0.1) is 0 Å². The summed E-state index contributed by atoms with van der Waals surface area (Å²) in [6.07, 6.45) is 0. The van der Waals surface area contributed by atoms with Gasteiger partial charge < -0.3 is 9.80 Å². The minimum Gasteiger partial charge on any atom is -0.367 e. The van der Waals surface area contributed by atoms with Crippen LogP contribution in [-0.4, -0.2) is 47.0 Å². The smallest absolute Gasteiger partial charge is 0.271 e. The first-order valence-corrected chi connectivity index (χ1v) is 9.49. The van der Waals surface area contributed by atoms with Gasteiger partial charge in [-0.3, -0.25) is 20.2 Å². The van der Waals surface area contributed by atoms with E-state index in [1.165, 1.54) is 12.1 Å². The van der Waals surface area contributed by atoms with Gasteiger partial charge in [0.05, 0.1) is 15.6 Å². The molecule has 146 valence electrons. The topological polar surface area (TPSA) is 78.7 Å². The Balaban J connectivity index is 1.58. The first-order chi connectivity index (χ1) is 13.3. The Morgan fingerprint density at radius 3 is 2.50 bits per heavy atom. The van der Waals surface area contributed by atoms with Crippen LogP contribution in [0.25, 0.3) is 0 Å². The summed E-state index contributed by atoms with van der Waals surface area (Å²) in [5.41, 5.74) is 2.29. The van der Waals surface area contributed by atoms with Crippen LogP contribution in [-0.2, 0) is 0 Å². The zero-order valence-corrected chi connectivity index (χ0v) is 16.8. The molecule has 1 aliphatic rings. The first kappa shape index (κ1) is 20.0. The van der Waals surface area contributed by atoms with E-state index in [1.807, 2.05) is 34.9 Å². The quantitative estimate of drug-likeness (QED) is 0.467. The minimum absolute atomic E-state index is 0.0348. The molecular weight excluding hydrogens is 400 g/mol. The van der Waals surface area contributed by atoms with E-state index in [0.29, 0.717) is 41.9 Å². The van der Waals surface area contributed by atoms with Gasteiger partial charge in [0.2, 0.25) is 0 Å². The SMILES string of the molecule is Cc1cccc(C(=O)NC(=S)N2CCN(c3ccc([N+](=O)[O-])cc3Cl)CC2)c1. The summed E-state index contributed by atoms with van der Waals surface area (Å²) in [5, 5.41) is 14.4. The van der Waals surface area contributed by atoms with E-state index in [9.17, 15) is 14.9 Å². The van der Waals surface area contributed by atoms with Crippen LogP contribution in [0.15, 0.2) is 42.5 Å². The van der Waals surface area contributed by atoms with Gasteiger partial charge in [0, 0.05) is 43.9 Å². The van der Waals surface area contributed by atoms with Crippen molar-refractivity contribution < 1.29 is 9.72 Å². The Kier molecular flexibility index (Phi) is 6.11. The lowest BCUT2D eigenvalue weighted by Gasteiger charge is -2.37. The van der Waals surface area contributed by atoms with Crippen LogP contribution in [0.3, 0.4) is 0 Å². The van der Waals surface area contributed by atoms with Crippen molar-refractivity contribution in [2.45, 2.75) is 6.92 Å². The molecule has 7 nitrogen and oxygen atoms in total. The summed E-state index contributed by atoms with van der Waals surface area (Å²) < 4.78 is 0. The van der Waals surface area contributed by atoms with Crippen LogP contribution in [0, 0.1) is 17.0 Å². The number of nitro groups is 1. The van der Waals surface area contributed by atoms with Gasteiger partial charge >= 0.3 is 0 Å². The second-order valence-corrected chi connectivity index (χ2v) is 7.29. The molecule has 1 saturated heterocycles. The average molecular weight is 419 g/mol. The molecule has 1 N–H and O–H groups in total. The maximum Gasteiger partial charge on any atom is 0.271 e. The molecule has 1 fully saturated rings. The number of carbonyl (C=O) groups excluding carboxylic acids is 1. The van der Waals surface area contributed by atoms with Crippen molar-refractivity contribution in [3.05, 3.63) is 68.7 Å². The van der Waals surface area contributed by atoms with E-state index in [0.717, 1.165) is 11.3 Å². The molecule has 1 aliphatic heterocycles. The largest absolute Gasteiger partial charge is 0.367 e. The van der Waals surface area contributed by atoms with Crippen molar-refractivity contribution in [3.63, 3.8) is 0 Å². The monoisotopic (exact) mass is 418 g/mol. The number of piperazine rings is 1. The summed E-state index contributed by atoms with van der Waals surface area (Å²) in [6, 6.07) is 11.8. The fraction of sp³-hybridized carbons (Fsp3) is 0.263. The summed E-state index contributed by atoms with van der Waals surface area (Å²) in [4.78, 5) is 26.7. The third-order valence-electron chi connectivity index (χ3n) is 4.55. The fourth-order valence-electron chi connectivity index (χ4n) is 3.05. The Morgan fingerprint density at radius 1 is 1.18 bits per heavy atom. The van der Waals surface area contributed by atoms with Crippen molar-refractivity contribution in [1.29, 1.82) is 0 Å². The van der Waals surface area contributed by atoms with Gasteiger partial charge in [-0.2, -0.15) is 0 Å². The number of hydrogen-bond donors (Lipinski definition) is 1.